The fourth-order valence-electron chi connectivity index (χ4n) is 1.74. The molecule has 22 heavy (non-hydrogen) atoms. The van der Waals surface area contributed by atoms with E-state index in [0.29, 0.717) is 17.0 Å². The Balaban J connectivity index is 2.05. The maximum atomic E-state index is 13.1. The Kier molecular flexibility index (Phi) is 5.30. The van der Waals surface area contributed by atoms with E-state index in [4.69, 9.17) is 28.6 Å². The zero-order valence-corrected chi connectivity index (χ0v) is 13.1. The highest BCUT2D eigenvalue weighted by Gasteiger charge is 2.13. The summed E-state index contributed by atoms with van der Waals surface area (Å²) in [6, 6.07) is 10.8. The van der Waals surface area contributed by atoms with Crippen molar-refractivity contribution in [3.63, 3.8) is 0 Å². The Hall–Kier alpha value is -2.18. The molecule has 0 aliphatic heterocycles. The van der Waals surface area contributed by atoms with Crippen LogP contribution in [0.4, 0.5) is 10.1 Å². The van der Waals surface area contributed by atoms with Crippen molar-refractivity contribution < 1.29 is 13.9 Å². The van der Waals surface area contributed by atoms with Crippen molar-refractivity contribution in [1.82, 2.24) is 5.32 Å². The first-order chi connectivity index (χ1) is 10.5. The predicted molar refractivity (Wildman–Crippen MR) is 88.1 cm³/mol. The maximum Gasteiger partial charge on any atom is 0.261 e. The van der Waals surface area contributed by atoms with Gasteiger partial charge in [0.1, 0.15) is 11.6 Å². The van der Waals surface area contributed by atoms with Crippen molar-refractivity contribution in [2.75, 3.05) is 12.4 Å². The quantitative estimate of drug-likeness (QED) is 0.839. The predicted octanol–water partition coefficient (Wildman–Crippen LogP) is 3.61. The van der Waals surface area contributed by atoms with Crippen LogP contribution < -0.4 is 15.4 Å². The molecule has 0 heterocycles. The lowest BCUT2D eigenvalue weighted by Gasteiger charge is -2.11. The van der Waals surface area contributed by atoms with Gasteiger partial charge in [0.2, 0.25) is 0 Å². The van der Waals surface area contributed by atoms with Crippen LogP contribution in [0.2, 0.25) is 5.02 Å². The average molecular weight is 339 g/mol. The smallest absolute Gasteiger partial charge is 0.261 e. The van der Waals surface area contributed by atoms with Crippen LogP contribution in [0.3, 0.4) is 0 Å². The van der Waals surface area contributed by atoms with E-state index in [1.54, 1.807) is 24.3 Å². The molecule has 114 valence electrons. The number of thiocarbonyl (C=S) groups is 1. The summed E-state index contributed by atoms with van der Waals surface area (Å²) in [6.07, 6.45) is 0. The van der Waals surface area contributed by atoms with Gasteiger partial charge >= 0.3 is 0 Å². The SMILES string of the molecule is COc1ccccc1C(=O)NC(=S)Nc1ccc(F)c(Cl)c1. The Morgan fingerprint density at radius 1 is 1.27 bits per heavy atom. The normalized spacial score (nSPS) is 9.95. The number of benzene rings is 2. The van der Waals surface area contributed by atoms with Crippen LogP contribution in [-0.4, -0.2) is 18.1 Å². The fraction of sp³-hybridized carbons (Fsp3) is 0.0667. The zero-order chi connectivity index (χ0) is 16.1. The molecule has 2 aromatic carbocycles. The van der Waals surface area contributed by atoms with E-state index in [0.717, 1.165) is 0 Å². The van der Waals surface area contributed by atoms with E-state index in [1.165, 1.54) is 25.3 Å². The summed E-state index contributed by atoms with van der Waals surface area (Å²) >= 11 is 10.7. The Morgan fingerprint density at radius 2 is 2.00 bits per heavy atom. The highest BCUT2D eigenvalue weighted by atomic mass is 35.5. The molecule has 2 N–H and O–H groups in total. The third-order valence-electron chi connectivity index (χ3n) is 2.76. The Labute approximate surface area is 137 Å². The monoisotopic (exact) mass is 338 g/mol. The van der Waals surface area contributed by atoms with Crippen molar-refractivity contribution in [3.05, 3.63) is 58.9 Å². The minimum atomic E-state index is -0.531. The lowest BCUT2D eigenvalue weighted by atomic mass is 10.2. The Bertz CT molecular complexity index is 724. The van der Waals surface area contributed by atoms with Crippen molar-refractivity contribution in [3.8, 4) is 5.75 Å². The summed E-state index contributed by atoms with van der Waals surface area (Å²) in [7, 11) is 1.48. The molecule has 0 unspecified atom stereocenters. The first kappa shape index (κ1) is 16.2. The van der Waals surface area contributed by atoms with Gasteiger partial charge in [-0.25, -0.2) is 4.39 Å². The molecule has 0 radical (unpaired) electrons. The van der Waals surface area contributed by atoms with Crippen LogP contribution in [0.15, 0.2) is 42.5 Å². The molecular weight excluding hydrogens is 327 g/mol. The third kappa shape index (κ3) is 3.93. The number of hydrogen-bond acceptors (Lipinski definition) is 3. The molecule has 0 saturated heterocycles. The second-order valence-electron chi connectivity index (χ2n) is 4.24. The number of rotatable bonds is 3. The molecule has 0 fully saturated rings. The Morgan fingerprint density at radius 3 is 2.68 bits per heavy atom. The standard InChI is InChI=1S/C15H12ClFN2O2S/c1-21-13-5-3-2-4-10(13)14(20)19-15(22)18-9-6-7-12(17)11(16)8-9/h2-8H,1H3,(H2,18,19,20,22). The van der Waals surface area contributed by atoms with Gasteiger partial charge in [-0.3, -0.25) is 10.1 Å². The molecule has 0 saturated carbocycles. The van der Waals surface area contributed by atoms with Gasteiger partial charge in [-0.2, -0.15) is 0 Å². The van der Waals surface area contributed by atoms with Gasteiger partial charge in [-0.1, -0.05) is 23.7 Å². The first-order valence-electron chi connectivity index (χ1n) is 6.21. The van der Waals surface area contributed by atoms with Gasteiger partial charge < -0.3 is 10.1 Å². The third-order valence-corrected chi connectivity index (χ3v) is 3.25. The lowest BCUT2D eigenvalue weighted by molar-refractivity contribution is 0.0975. The average Bonchev–Trinajstić information content (AvgIpc) is 2.50. The van der Waals surface area contributed by atoms with Crippen molar-refractivity contribution in [2.24, 2.45) is 0 Å². The second kappa shape index (κ2) is 7.20. The first-order valence-corrected chi connectivity index (χ1v) is 7.00. The molecule has 0 atom stereocenters. The minimum Gasteiger partial charge on any atom is -0.496 e. The van der Waals surface area contributed by atoms with Crippen LogP contribution in [-0.2, 0) is 0 Å². The van der Waals surface area contributed by atoms with Gasteiger partial charge in [0, 0.05) is 5.69 Å². The van der Waals surface area contributed by atoms with E-state index in [2.05, 4.69) is 10.6 Å². The molecule has 1 amide bonds. The highest BCUT2D eigenvalue weighted by molar-refractivity contribution is 7.80. The summed E-state index contributed by atoms with van der Waals surface area (Å²) in [5.74, 6) is -0.507. The highest BCUT2D eigenvalue weighted by Crippen LogP contribution is 2.20. The number of carbonyl (C=O) groups is 1. The largest absolute Gasteiger partial charge is 0.496 e. The second-order valence-corrected chi connectivity index (χ2v) is 5.05. The van der Waals surface area contributed by atoms with Crippen molar-refractivity contribution in [2.45, 2.75) is 0 Å². The number of methoxy groups -OCH3 is 1. The molecule has 0 aliphatic rings. The number of halogens is 2. The molecule has 0 aliphatic carbocycles. The van der Waals surface area contributed by atoms with E-state index < -0.39 is 11.7 Å². The summed E-state index contributed by atoms with van der Waals surface area (Å²) in [4.78, 5) is 12.1. The summed E-state index contributed by atoms with van der Waals surface area (Å²) in [5, 5.41) is 5.30. The molecule has 2 aromatic rings. The maximum absolute atomic E-state index is 13.1. The number of para-hydroxylation sites is 1. The lowest BCUT2D eigenvalue weighted by Crippen LogP contribution is -2.34. The summed E-state index contributed by atoms with van der Waals surface area (Å²) in [6.45, 7) is 0. The van der Waals surface area contributed by atoms with E-state index >= 15 is 0 Å². The number of amides is 1. The summed E-state index contributed by atoms with van der Waals surface area (Å²) < 4.78 is 18.2. The molecule has 4 nitrogen and oxygen atoms in total. The number of carbonyl (C=O) groups excluding carboxylic acids is 1. The summed E-state index contributed by atoms with van der Waals surface area (Å²) in [5.41, 5.74) is 0.822. The van der Waals surface area contributed by atoms with Crippen LogP contribution in [0.25, 0.3) is 0 Å². The fourth-order valence-corrected chi connectivity index (χ4v) is 2.13. The van der Waals surface area contributed by atoms with Gasteiger partial charge in [-0.15, -0.1) is 0 Å². The minimum absolute atomic E-state index is 0.0381. The molecule has 0 spiro atoms. The molecular formula is C15H12ClFN2O2S. The molecule has 0 bridgehead atoms. The zero-order valence-electron chi connectivity index (χ0n) is 11.5. The van der Waals surface area contributed by atoms with Crippen LogP contribution in [0.5, 0.6) is 5.75 Å². The molecule has 0 aromatic heterocycles. The van der Waals surface area contributed by atoms with Crippen LogP contribution >= 0.6 is 23.8 Å². The molecule has 2 rings (SSSR count). The number of nitrogens with one attached hydrogen (secondary N) is 2. The number of hydrogen-bond donors (Lipinski definition) is 2. The van der Waals surface area contributed by atoms with Crippen molar-refractivity contribution in [1.29, 1.82) is 0 Å². The van der Waals surface area contributed by atoms with E-state index in [1.807, 2.05) is 0 Å². The van der Waals surface area contributed by atoms with E-state index in [9.17, 15) is 9.18 Å². The molecule has 7 heteroatoms. The van der Waals surface area contributed by atoms with Gasteiger partial charge in [0.15, 0.2) is 5.11 Å². The van der Waals surface area contributed by atoms with Crippen LogP contribution in [0, 0.1) is 5.82 Å². The van der Waals surface area contributed by atoms with Gasteiger partial charge in [0.25, 0.3) is 5.91 Å². The van der Waals surface area contributed by atoms with Crippen LogP contribution in [0.1, 0.15) is 10.4 Å². The van der Waals surface area contributed by atoms with Gasteiger partial charge in [0.05, 0.1) is 17.7 Å². The van der Waals surface area contributed by atoms with Crippen molar-refractivity contribution >= 4 is 40.5 Å². The number of anilines is 1. The topological polar surface area (TPSA) is 50.4 Å². The number of ether oxygens (including phenoxy) is 1. The van der Waals surface area contributed by atoms with E-state index in [-0.39, 0.29) is 10.1 Å². The van der Waals surface area contributed by atoms with Gasteiger partial charge in [-0.05, 0) is 42.5 Å².